The molecule has 3 unspecified atom stereocenters. The smallest absolute Gasteiger partial charge is 0.310 e. The van der Waals surface area contributed by atoms with Crippen molar-refractivity contribution in [2.45, 2.75) is 45.5 Å². The summed E-state index contributed by atoms with van der Waals surface area (Å²) >= 11 is 0. The van der Waals surface area contributed by atoms with Crippen molar-refractivity contribution < 1.29 is 13.2 Å². The maximum atomic E-state index is 12.9. The van der Waals surface area contributed by atoms with Gasteiger partial charge in [0.2, 0.25) is 0 Å². The molecule has 1 N–H and O–H groups in total. The standard InChI is InChI=1S/C15H20F3N/c1-10-7-8-14(11(10)2)19-9-12-5-3-4-6-13(12)15(16,17)18/h3-6,10-11,14,19H,7-9H2,1-2H3. The summed E-state index contributed by atoms with van der Waals surface area (Å²) in [5.41, 5.74) is -0.192. The highest BCUT2D eigenvalue weighted by Gasteiger charge is 2.34. The Morgan fingerprint density at radius 1 is 1.16 bits per heavy atom. The fourth-order valence-electron chi connectivity index (χ4n) is 2.84. The minimum absolute atomic E-state index is 0.289. The Hall–Kier alpha value is -1.03. The fourth-order valence-corrected chi connectivity index (χ4v) is 2.84. The molecule has 106 valence electrons. The summed E-state index contributed by atoms with van der Waals surface area (Å²) in [7, 11) is 0. The predicted octanol–water partition coefficient (Wildman–Crippen LogP) is 4.23. The van der Waals surface area contributed by atoms with Crippen LogP contribution in [0, 0.1) is 11.8 Å². The highest BCUT2D eigenvalue weighted by molar-refractivity contribution is 5.29. The quantitative estimate of drug-likeness (QED) is 0.867. The van der Waals surface area contributed by atoms with Crippen molar-refractivity contribution in [3.8, 4) is 0 Å². The van der Waals surface area contributed by atoms with Crippen LogP contribution in [0.25, 0.3) is 0 Å². The van der Waals surface area contributed by atoms with Crippen LogP contribution in [0.2, 0.25) is 0 Å². The van der Waals surface area contributed by atoms with E-state index in [1.165, 1.54) is 6.07 Å². The number of benzene rings is 1. The van der Waals surface area contributed by atoms with Crippen molar-refractivity contribution in [1.29, 1.82) is 0 Å². The van der Waals surface area contributed by atoms with Crippen LogP contribution in [-0.2, 0) is 12.7 Å². The monoisotopic (exact) mass is 271 g/mol. The number of nitrogens with one attached hydrogen (secondary N) is 1. The van der Waals surface area contributed by atoms with Gasteiger partial charge in [0.15, 0.2) is 0 Å². The number of alkyl halides is 3. The first-order valence-corrected chi connectivity index (χ1v) is 6.78. The Labute approximate surface area is 112 Å². The van der Waals surface area contributed by atoms with E-state index in [1.807, 2.05) is 0 Å². The highest BCUT2D eigenvalue weighted by atomic mass is 19.4. The molecule has 2 rings (SSSR count). The Balaban J connectivity index is 2.04. The zero-order valence-electron chi connectivity index (χ0n) is 11.3. The Kier molecular flexibility index (Phi) is 4.19. The van der Waals surface area contributed by atoms with Crippen LogP contribution >= 0.6 is 0 Å². The van der Waals surface area contributed by atoms with E-state index in [2.05, 4.69) is 19.2 Å². The molecule has 3 atom stereocenters. The van der Waals surface area contributed by atoms with Gasteiger partial charge in [-0.3, -0.25) is 0 Å². The number of halogens is 3. The zero-order valence-corrected chi connectivity index (χ0v) is 11.3. The second-order valence-corrected chi connectivity index (χ2v) is 5.56. The van der Waals surface area contributed by atoms with Crippen molar-refractivity contribution in [3.05, 3.63) is 35.4 Å². The first-order valence-electron chi connectivity index (χ1n) is 6.78. The van der Waals surface area contributed by atoms with Crippen LogP contribution in [0.1, 0.15) is 37.8 Å². The molecule has 1 fully saturated rings. The summed E-state index contributed by atoms with van der Waals surface area (Å²) in [5.74, 6) is 1.17. The van der Waals surface area contributed by atoms with Crippen LogP contribution in [0.4, 0.5) is 13.2 Å². The van der Waals surface area contributed by atoms with E-state index in [4.69, 9.17) is 0 Å². The highest BCUT2D eigenvalue weighted by Crippen LogP contribution is 2.33. The van der Waals surface area contributed by atoms with E-state index in [9.17, 15) is 13.2 Å². The summed E-state index contributed by atoms with van der Waals surface area (Å²) < 4.78 is 38.6. The van der Waals surface area contributed by atoms with Crippen LogP contribution in [-0.4, -0.2) is 6.04 Å². The van der Waals surface area contributed by atoms with Gasteiger partial charge in [0.05, 0.1) is 5.56 Å². The number of hydrogen-bond acceptors (Lipinski definition) is 1. The lowest BCUT2D eigenvalue weighted by atomic mass is 9.97. The average Bonchev–Trinajstić information content (AvgIpc) is 2.67. The van der Waals surface area contributed by atoms with Crippen LogP contribution in [0.5, 0.6) is 0 Å². The van der Waals surface area contributed by atoms with Crippen molar-refractivity contribution in [1.82, 2.24) is 5.32 Å². The third-order valence-electron chi connectivity index (χ3n) is 4.34. The van der Waals surface area contributed by atoms with Gasteiger partial charge in [-0.25, -0.2) is 0 Å². The second kappa shape index (κ2) is 5.53. The first kappa shape index (κ1) is 14.4. The van der Waals surface area contributed by atoms with Crippen LogP contribution in [0.15, 0.2) is 24.3 Å². The lowest BCUT2D eigenvalue weighted by molar-refractivity contribution is -0.138. The van der Waals surface area contributed by atoms with Gasteiger partial charge in [-0.05, 0) is 36.3 Å². The minimum Gasteiger partial charge on any atom is -0.310 e. The summed E-state index contributed by atoms with van der Waals surface area (Å²) in [6.45, 7) is 4.67. The van der Waals surface area contributed by atoms with Crippen molar-refractivity contribution in [3.63, 3.8) is 0 Å². The van der Waals surface area contributed by atoms with E-state index >= 15 is 0 Å². The van der Waals surface area contributed by atoms with Crippen molar-refractivity contribution >= 4 is 0 Å². The number of rotatable bonds is 3. The molecule has 4 heteroatoms. The molecule has 1 saturated carbocycles. The van der Waals surface area contributed by atoms with Crippen LogP contribution in [0.3, 0.4) is 0 Å². The van der Waals surface area contributed by atoms with Gasteiger partial charge in [-0.2, -0.15) is 13.2 Å². The molecule has 0 amide bonds. The molecule has 1 aromatic carbocycles. The third-order valence-corrected chi connectivity index (χ3v) is 4.34. The largest absolute Gasteiger partial charge is 0.416 e. The molecular weight excluding hydrogens is 251 g/mol. The minimum atomic E-state index is -4.27. The Morgan fingerprint density at radius 2 is 1.84 bits per heavy atom. The summed E-state index contributed by atoms with van der Waals surface area (Å²) in [4.78, 5) is 0. The van der Waals surface area contributed by atoms with E-state index in [1.54, 1.807) is 12.1 Å². The van der Waals surface area contributed by atoms with Gasteiger partial charge in [0.1, 0.15) is 0 Å². The van der Waals surface area contributed by atoms with Gasteiger partial charge in [-0.15, -0.1) is 0 Å². The molecule has 0 aliphatic heterocycles. The van der Waals surface area contributed by atoms with Crippen molar-refractivity contribution in [2.24, 2.45) is 11.8 Å². The molecule has 1 aliphatic rings. The van der Waals surface area contributed by atoms with E-state index in [0.717, 1.165) is 18.9 Å². The predicted molar refractivity (Wildman–Crippen MR) is 69.6 cm³/mol. The zero-order chi connectivity index (χ0) is 14.0. The molecular formula is C15H20F3N. The molecule has 0 spiro atoms. The van der Waals surface area contributed by atoms with Gasteiger partial charge in [0.25, 0.3) is 0 Å². The fraction of sp³-hybridized carbons (Fsp3) is 0.600. The van der Waals surface area contributed by atoms with E-state index in [-0.39, 0.29) is 6.54 Å². The molecule has 0 heterocycles. The second-order valence-electron chi connectivity index (χ2n) is 5.56. The molecule has 1 aromatic rings. The van der Waals surface area contributed by atoms with Crippen LogP contribution < -0.4 is 5.32 Å². The summed E-state index contributed by atoms with van der Waals surface area (Å²) in [6.07, 6.45) is -2.07. The molecule has 0 radical (unpaired) electrons. The molecule has 0 bridgehead atoms. The normalized spacial score (nSPS) is 27.7. The summed E-state index contributed by atoms with van der Waals surface area (Å²) in [6, 6.07) is 6.13. The third kappa shape index (κ3) is 3.30. The van der Waals surface area contributed by atoms with Gasteiger partial charge in [-0.1, -0.05) is 32.0 Å². The summed E-state index contributed by atoms with van der Waals surface area (Å²) in [5, 5.41) is 3.29. The Morgan fingerprint density at radius 3 is 2.42 bits per heavy atom. The maximum absolute atomic E-state index is 12.9. The van der Waals surface area contributed by atoms with Gasteiger partial charge in [0, 0.05) is 12.6 Å². The Bertz CT molecular complexity index is 428. The van der Waals surface area contributed by atoms with Gasteiger partial charge < -0.3 is 5.32 Å². The first-order chi connectivity index (χ1) is 8.89. The lowest BCUT2D eigenvalue weighted by Crippen LogP contribution is -2.32. The SMILES string of the molecule is CC1CCC(NCc2ccccc2C(F)(F)F)C1C. The topological polar surface area (TPSA) is 12.0 Å². The molecule has 0 aromatic heterocycles. The van der Waals surface area contributed by atoms with Crippen molar-refractivity contribution in [2.75, 3.05) is 0 Å². The number of hydrogen-bond donors (Lipinski definition) is 1. The lowest BCUT2D eigenvalue weighted by Gasteiger charge is -2.21. The molecule has 19 heavy (non-hydrogen) atoms. The maximum Gasteiger partial charge on any atom is 0.416 e. The van der Waals surface area contributed by atoms with E-state index < -0.39 is 11.7 Å². The van der Waals surface area contributed by atoms with Gasteiger partial charge >= 0.3 is 6.18 Å². The molecule has 0 saturated heterocycles. The molecule has 1 aliphatic carbocycles. The van der Waals surface area contributed by atoms with E-state index in [0.29, 0.717) is 23.4 Å². The average molecular weight is 271 g/mol. The molecule has 1 nitrogen and oxygen atoms in total.